The van der Waals surface area contributed by atoms with Crippen LogP contribution in [0.2, 0.25) is 0 Å². The van der Waals surface area contributed by atoms with Crippen LogP contribution in [0.4, 0.5) is 5.69 Å². The molecule has 15 heavy (non-hydrogen) atoms. The number of pyridine rings is 1. The SMILES string of the molecule is CC(C)(C)C(Cl)CCc1cnccc1N. The predicted octanol–water partition coefficient (Wildman–Crippen LogP) is 3.25. The van der Waals surface area contributed by atoms with Crippen molar-refractivity contribution in [1.29, 1.82) is 0 Å². The van der Waals surface area contributed by atoms with Gasteiger partial charge in [0.25, 0.3) is 0 Å². The smallest absolute Gasteiger partial charge is 0.0387 e. The molecule has 0 aliphatic rings. The number of alkyl halides is 1. The highest BCUT2D eigenvalue weighted by Crippen LogP contribution is 2.28. The molecule has 1 atom stereocenters. The Bertz CT molecular complexity index is 318. The van der Waals surface area contributed by atoms with Crippen molar-refractivity contribution >= 4 is 17.3 Å². The van der Waals surface area contributed by atoms with Gasteiger partial charge in [-0.2, -0.15) is 0 Å². The third-order valence-electron chi connectivity index (χ3n) is 2.55. The standard InChI is InChI=1S/C12H19ClN2/c1-12(2,3)11(13)5-4-9-8-15-7-6-10(9)14/h6-8,11H,4-5H2,1-3H3,(H2,14,15). The van der Waals surface area contributed by atoms with Gasteiger partial charge in [-0.1, -0.05) is 20.8 Å². The zero-order valence-electron chi connectivity index (χ0n) is 9.63. The number of hydrogen-bond acceptors (Lipinski definition) is 2. The zero-order chi connectivity index (χ0) is 11.5. The number of aryl methyl sites for hydroxylation is 1. The fraction of sp³-hybridized carbons (Fsp3) is 0.583. The summed E-state index contributed by atoms with van der Waals surface area (Å²) in [6, 6.07) is 1.83. The van der Waals surface area contributed by atoms with Crippen LogP contribution in [0.15, 0.2) is 18.5 Å². The molecule has 0 aliphatic heterocycles. The van der Waals surface area contributed by atoms with Gasteiger partial charge in [-0.15, -0.1) is 11.6 Å². The minimum absolute atomic E-state index is 0.137. The van der Waals surface area contributed by atoms with E-state index in [-0.39, 0.29) is 10.8 Å². The van der Waals surface area contributed by atoms with E-state index in [1.807, 2.05) is 12.3 Å². The average Bonchev–Trinajstić information content (AvgIpc) is 2.14. The summed E-state index contributed by atoms with van der Waals surface area (Å²) in [5, 5.41) is 0.164. The van der Waals surface area contributed by atoms with Gasteiger partial charge in [0, 0.05) is 23.5 Å². The Morgan fingerprint density at radius 3 is 2.67 bits per heavy atom. The first-order chi connectivity index (χ1) is 6.91. The van der Waals surface area contributed by atoms with E-state index in [4.69, 9.17) is 17.3 Å². The predicted molar refractivity (Wildman–Crippen MR) is 66.1 cm³/mol. The maximum Gasteiger partial charge on any atom is 0.0387 e. The molecule has 84 valence electrons. The van der Waals surface area contributed by atoms with Crippen LogP contribution in [0, 0.1) is 5.41 Å². The summed E-state index contributed by atoms with van der Waals surface area (Å²) >= 11 is 6.30. The van der Waals surface area contributed by atoms with Crippen LogP contribution in [0.1, 0.15) is 32.8 Å². The number of anilines is 1. The molecule has 0 radical (unpaired) electrons. The third-order valence-corrected chi connectivity index (χ3v) is 3.42. The molecule has 1 aromatic rings. The lowest BCUT2D eigenvalue weighted by Crippen LogP contribution is -2.21. The monoisotopic (exact) mass is 226 g/mol. The summed E-state index contributed by atoms with van der Waals surface area (Å²) in [6.07, 6.45) is 5.36. The van der Waals surface area contributed by atoms with E-state index in [1.54, 1.807) is 6.20 Å². The summed E-state index contributed by atoms with van der Waals surface area (Å²) < 4.78 is 0. The molecule has 1 rings (SSSR count). The quantitative estimate of drug-likeness (QED) is 0.804. The first-order valence-electron chi connectivity index (χ1n) is 5.23. The Balaban J connectivity index is 2.55. The van der Waals surface area contributed by atoms with Crippen LogP contribution in [0.3, 0.4) is 0 Å². The van der Waals surface area contributed by atoms with Crippen LogP contribution in [0.25, 0.3) is 0 Å². The summed E-state index contributed by atoms with van der Waals surface area (Å²) in [6.45, 7) is 6.45. The van der Waals surface area contributed by atoms with Gasteiger partial charge in [-0.3, -0.25) is 4.98 Å². The zero-order valence-corrected chi connectivity index (χ0v) is 10.4. The maximum absolute atomic E-state index is 6.30. The van der Waals surface area contributed by atoms with E-state index in [9.17, 15) is 0 Å². The summed E-state index contributed by atoms with van der Waals surface area (Å²) in [4.78, 5) is 4.06. The third kappa shape index (κ3) is 3.71. The van der Waals surface area contributed by atoms with Gasteiger partial charge in [0.1, 0.15) is 0 Å². The van der Waals surface area contributed by atoms with Crippen molar-refractivity contribution in [3.8, 4) is 0 Å². The Hall–Kier alpha value is -0.760. The van der Waals surface area contributed by atoms with Crippen LogP contribution in [-0.4, -0.2) is 10.4 Å². The number of aromatic nitrogens is 1. The molecular formula is C12H19ClN2. The minimum Gasteiger partial charge on any atom is -0.398 e. The summed E-state index contributed by atoms with van der Waals surface area (Å²) in [7, 11) is 0. The van der Waals surface area contributed by atoms with Crippen LogP contribution in [0.5, 0.6) is 0 Å². The average molecular weight is 227 g/mol. The van der Waals surface area contributed by atoms with Crippen molar-refractivity contribution in [1.82, 2.24) is 4.98 Å². The molecule has 1 unspecified atom stereocenters. The van der Waals surface area contributed by atoms with Gasteiger partial charge in [-0.05, 0) is 29.9 Å². The molecule has 0 bridgehead atoms. The van der Waals surface area contributed by atoms with E-state index in [1.165, 1.54) is 0 Å². The minimum atomic E-state index is 0.137. The topological polar surface area (TPSA) is 38.9 Å². The van der Waals surface area contributed by atoms with Crippen LogP contribution in [-0.2, 0) is 6.42 Å². The molecule has 0 amide bonds. The van der Waals surface area contributed by atoms with Gasteiger partial charge in [0.05, 0.1) is 0 Å². The maximum atomic E-state index is 6.30. The molecule has 0 aliphatic carbocycles. The Kier molecular flexibility index (Phi) is 3.97. The van der Waals surface area contributed by atoms with Crippen molar-refractivity contribution < 1.29 is 0 Å². The number of halogens is 1. The number of hydrogen-bond donors (Lipinski definition) is 1. The molecule has 2 nitrogen and oxygen atoms in total. The second-order valence-corrected chi connectivity index (χ2v) is 5.47. The Morgan fingerprint density at radius 1 is 1.47 bits per heavy atom. The molecule has 0 aromatic carbocycles. The molecule has 0 saturated heterocycles. The van der Waals surface area contributed by atoms with Crippen molar-refractivity contribution in [3.63, 3.8) is 0 Å². The fourth-order valence-corrected chi connectivity index (χ4v) is 1.47. The van der Waals surface area contributed by atoms with E-state index >= 15 is 0 Å². The summed E-state index contributed by atoms with van der Waals surface area (Å²) in [5.74, 6) is 0. The number of rotatable bonds is 3. The second-order valence-electron chi connectivity index (χ2n) is 4.95. The van der Waals surface area contributed by atoms with Crippen molar-refractivity contribution in [2.24, 2.45) is 5.41 Å². The highest BCUT2D eigenvalue weighted by molar-refractivity contribution is 6.21. The summed E-state index contributed by atoms with van der Waals surface area (Å²) in [5.41, 5.74) is 7.87. The number of nitrogens with zero attached hydrogens (tertiary/aromatic N) is 1. The Labute approximate surface area is 96.8 Å². The van der Waals surface area contributed by atoms with Crippen molar-refractivity contribution in [2.75, 3.05) is 5.73 Å². The fourth-order valence-electron chi connectivity index (χ4n) is 1.36. The molecule has 0 spiro atoms. The molecule has 1 aromatic heterocycles. The number of nitrogen functional groups attached to an aromatic ring is 1. The van der Waals surface area contributed by atoms with Crippen LogP contribution >= 0.6 is 11.6 Å². The van der Waals surface area contributed by atoms with Gasteiger partial charge < -0.3 is 5.73 Å². The lowest BCUT2D eigenvalue weighted by molar-refractivity contribution is 0.374. The van der Waals surface area contributed by atoms with Gasteiger partial charge in [-0.25, -0.2) is 0 Å². The van der Waals surface area contributed by atoms with E-state index in [0.717, 1.165) is 24.1 Å². The van der Waals surface area contributed by atoms with Gasteiger partial charge in [0.2, 0.25) is 0 Å². The molecule has 2 N–H and O–H groups in total. The normalized spacial score (nSPS) is 13.9. The first-order valence-corrected chi connectivity index (χ1v) is 5.67. The second kappa shape index (κ2) is 4.84. The largest absolute Gasteiger partial charge is 0.398 e. The molecular weight excluding hydrogens is 208 g/mol. The van der Waals surface area contributed by atoms with Crippen molar-refractivity contribution in [3.05, 3.63) is 24.0 Å². The molecule has 0 fully saturated rings. The van der Waals surface area contributed by atoms with Gasteiger partial charge in [0.15, 0.2) is 0 Å². The number of nitrogens with two attached hydrogens (primary N) is 1. The lowest BCUT2D eigenvalue weighted by atomic mass is 9.88. The van der Waals surface area contributed by atoms with E-state index in [2.05, 4.69) is 25.8 Å². The lowest BCUT2D eigenvalue weighted by Gasteiger charge is -2.25. The highest BCUT2D eigenvalue weighted by atomic mass is 35.5. The molecule has 1 heterocycles. The van der Waals surface area contributed by atoms with Crippen molar-refractivity contribution in [2.45, 2.75) is 39.0 Å². The van der Waals surface area contributed by atoms with Gasteiger partial charge >= 0.3 is 0 Å². The first kappa shape index (κ1) is 12.3. The van der Waals surface area contributed by atoms with E-state index in [0.29, 0.717) is 0 Å². The Morgan fingerprint density at radius 2 is 2.13 bits per heavy atom. The molecule has 0 saturated carbocycles. The highest BCUT2D eigenvalue weighted by Gasteiger charge is 2.21. The van der Waals surface area contributed by atoms with Crippen LogP contribution < -0.4 is 5.73 Å². The van der Waals surface area contributed by atoms with E-state index < -0.39 is 0 Å². The molecule has 3 heteroatoms.